The van der Waals surface area contributed by atoms with Gasteiger partial charge >= 0.3 is 99.9 Å². The van der Waals surface area contributed by atoms with Crippen molar-refractivity contribution in [3.8, 4) is 0 Å². The molecule has 0 heterocycles. The van der Waals surface area contributed by atoms with Crippen LogP contribution in [0.1, 0.15) is 21.5 Å². The molecule has 1 aromatic carbocycles. The zero-order chi connectivity index (χ0) is 11.6. The molecule has 3 nitrogen and oxygen atoms in total. The van der Waals surface area contributed by atoms with Gasteiger partial charge in [-0.15, -0.1) is 0 Å². The maximum atomic E-state index is 11.7. The van der Waals surface area contributed by atoms with E-state index in [2.05, 4.69) is 4.72 Å². The van der Waals surface area contributed by atoms with E-state index in [1.54, 1.807) is 12.3 Å². The van der Waals surface area contributed by atoms with Crippen LogP contribution in [0.15, 0.2) is 18.2 Å². The molecular weight excluding hydrogens is 382 g/mol. The van der Waals surface area contributed by atoms with E-state index in [4.69, 9.17) is 0 Å². The molecule has 0 aliphatic carbocycles. The number of benzene rings is 1. The van der Waals surface area contributed by atoms with Crippen LogP contribution >= 0.6 is 0 Å². The van der Waals surface area contributed by atoms with Gasteiger partial charge in [0.25, 0.3) is 0 Å². The van der Waals surface area contributed by atoms with Crippen molar-refractivity contribution in [2.75, 3.05) is 6.26 Å². The van der Waals surface area contributed by atoms with E-state index in [1.807, 2.05) is 26.0 Å². The van der Waals surface area contributed by atoms with Crippen LogP contribution in [0.5, 0.6) is 0 Å². The predicted molar refractivity (Wildman–Crippen MR) is 57.4 cm³/mol. The van der Waals surface area contributed by atoms with Gasteiger partial charge in [0.2, 0.25) is 0 Å². The average Bonchev–Trinajstić information content (AvgIpc) is 1.99. The molecule has 0 spiro atoms. The van der Waals surface area contributed by atoms with Crippen LogP contribution in [-0.4, -0.2) is 16.4 Å². The topological polar surface area (TPSA) is 46.2 Å². The van der Waals surface area contributed by atoms with Crippen molar-refractivity contribution >= 4 is 13.2 Å². The number of aryl methyl sites for hydroxylation is 2. The molecule has 1 unspecified atom stereocenters. The summed E-state index contributed by atoms with van der Waals surface area (Å²) in [5.41, 5.74) is 2.62. The second kappa shape index (κ2) is 4.58. The minimum absolute atomic E-state index is 0.255. The summed E-state index contributed by atoms with van der Waals surface area (Å²) in [4.78, 5) is 11.7. The van der Waals surface area contributed by atoms with Crippen LogP contribution in [0.4, 0.5) is 0 Å². The van der Waals surface area contributed by atoms with E-state index < -0.39 is 7.31 Å². The van der Waals surface area contributed by atoms with Gasteiger partial charge in [0, 0.05) is 0 Å². The van der Waals surface area contributed by atoms with Crippen molar-refractivity contribution in [2.45, 2.75) is 13.8 Å². The summed E-state index contributed by atoms with van der Waals surface area (Å²) in [6.07, 6.45) is 1.55. The molecule has 0 saturated carbocycles. The van der Waals surface area contributed by atoms with Crippen LogP contribution in [0, 0.1) is 13.8 Å². The van der Waals surface area contributed by atoms with Crippen LogP contribution in [0.25, 0.3) is 0 Å². The van der Waals surface area contributed by atoms with Crippen molar-refractivity contribution in [1.82, 2.24) is 4.72 Å². The Morgan fingerprint density at radius 2 is 2.00 bits per heavy atom. The number of carbonyl (C=O) groups excluding carboxylic acids is 1. The van der Waals surface area contributed by atoms with Gasteiger partial charge in [0.1, 0.15) is 0 Å². The van der Waals surface area contributed by atoms with Crippen molar-refractivity contribution < 1.29 is 27.0 Å². The van der Waals surface area contributed by atoms with Crippen molar-refractivity contribution in [3.63, 3.8) is 0 Å². The second-order valence-electron chi connectivity index (χ2n) is 3.52. The van der Waals surface area contributed by atoms with Gasteiger partial charge in [-0.1, -0.05) is 0 Å². The SMILES string of the molecule is Cc1ccc(C(=O)N[S](C)(=O)=[W])c(C)c1. The van der Waals surface area contributed by atoms with Crippen LogP contribution in [-0.2, 0) is 25.3 Å². The summed E-state index contributed by atoms with van der Waals surface area (Å²) < 4.78 is 14.0. The Morgan fingerprint density at radius 3 is 2.47 bits per heavy atom. The Balaban J connectivity index is 3.02. The predicted octanol–water partition coefficient (Wildman–Crippen LogP) is 1.32. The Morgan fingerprint density at radius 1 is 1.40 bits per heavy atom. The third-order valence-corrected chi connectivity index (χ3v) is 3.36. The molecule has 1 atom stereocenters. The monoisotopic (exact) mass is 395 g/mol. The molecule has 0 aromatic heterocycles. The van der Waals surface area contributed by atoms with E-state index in [-0.39, 0.29) is 5.91 Å². The molecule has 1 aromatic rings. The number of amides is 1. The molecule has 0 aliphatic rings. The summed E-state index contributed by atoms with van der Waals surface area (Å²) in [5.74, 6) is -0.255. The van der Waals surface area contributed by atoms with Crippen LogP contribution in [0.2, 0.25) is 0 Å². The van der Waals surface area contributed by atoms with Gasteiger partial charge in [0.05, 0.1) is 0 Å². The summed E-state index contributed by atoms with van der Waals surface area (Å²) in [6, 6.07) is 5.58. The third-order valence-electron chi connectivity index (χ3n) is 1.90. The van der Waals surface area contributed by atoms with Gasteiger partial charge in [-0.3, -0.25) is 0 Å². The van der Waals surface area contributed by atoms with Gasteiger partial charge in [0.15, 0.2) is 0 Å². The van der Waals surface area contributed by atoms with Crippen molar-refractivity contribution in [2.24, 2.45) is 0 Å². The maximum absolute atomic E-state index is 11.7. The molecule has 0 aliphatic heterocycles. The van der Waals surface area contributed by atoms with Crippen molar-refractivity contribution in [3.05, 3.63) is 34.9 Å². The molecule has 0 fully saturated rings. The molecule has 1 rings (SSSR count). The van der Waals surface area contributed by atoms with Crippen LogP contribution in [0.3, 0.4) is 0 Å². The molecule has 15 heavy (non-hydrogen) atoms. The molecular formula is C10H13NO2SW. The Kier molecular flexibility index (Phi) is 3.85. The van der Waals surface area contributed by atoms with E-state index >= 15 is 0 Å². The fourth-order valence-corrected chi connectivity index (χ4v) is 2.55. The summed E-state index contributed by atoms with van der Waals surface area (Å²) in [6.45, 7) is 3.85. The first-order valence-electron chi connectivity index (χ1n) is 4.39. The van der Waals surface area contributed by atoms with E-state index in [9.17, 15) is 9.00 Å². The van der Waals surface area contributed by atoms with E-state index in [0.29, 0.717) is 5.56 Å². The van der Waals surface area contributed by atoms with Crippen molar-refractivity contribution in [1.29, 1.82) is 0 Å². The molecule has 1 amide bonds. The summed E-state index contributed by atoms with van der Waals surface area (Å²) in [7, 11) is -2.16. The first kappa shape index (κ1) is 12.6. The second-order valence-corrected chi connectivity index (χ2v) is 12.1. The molecule has 0 radical (unpaired) electrons. The standard InChI is InChI=1S/C10H13NO2S.W/c1-7-4-5-9(8(2)6-7)10(12)11-14(3)13;/h4-6H,1-3H3,(H,11,12);. The molecule has 82 valence electrons. The average molecular weight is 395 g/mol. The number of hydrogen-bond donors (Lipinski definition) is 1. The molecule has 5 heteroatoms. The first-order chi connectivity index (χ1) is 6.79. The van der Waals surface area contributed by atoms with Gasteiger partial charge in [-0.2, -0.15) is 0 Å². The molecule has 0 saturated heterocycles. The fourth-order valence-electron chi connectivity index (χ4n) is 1.29. The van der Waals surface area contributed by atoms with Gasteiger partial charge in [-0.25, -0.2) is 0 Å². The number of hydrogen-bond acceptors (Lipinski definition) is 2. The number of nitrogens with one attached hydrogen (secondary N) is 1. The normalized spacial score (nSPS) is 14.3. The quantitative estimate of drug-likeness (QED) is 0.822. The van der Waals surface area contributed by atoms with Gasteiger partial charge < -0.3 is 0 Å². The first-order valence-corrected chi connectivity index (χ1v) is 9.87. The van der Waals surface area contributed by atoms with Crippen LogP contribution < -0.4 is 4.72 Å². The zero-order valence-corrected chi connectivity index (χ0v) is 12.6. The summed E-state index contributed by atoms with van der Waals surface area (Å²) in [5, 5.41) is 0. The number of rotatable bonds is 2. The minimum atomic E-state index is -2.16. The molecule has 0 bridgehead atoms. The summed E-state index contributed by atoms with van der Waals surface area (Å²) >= 11 is 0.885. The van der Waals surface area contributed by atoms with E-state index in [0.717, 1.165) is 29.1 Å². The Labute approximate surface area is 99.8 Å². The fraction of sp³-hybridized carbons (Fsp3) is 0.300. The van der Waals surface area contributed by atoms with E-state index in [1.165, 1.54) is 0 Å². The Hall–Kier alpha value is -0.472. The zero-order valence-electron chi connectivity index (χ0n) is 8.87. The third kappa shape index (κ3) is 3.88. The van der Waals surface area contributed by atoms with Gasteiger partial charge in [-0.05, 0) is 0 Å². The molecule has 1 N–H and O–H groups in total. The number of carbonyl (C=O) groups is 1. The Bertz CT molecular complexity index is 494.